The molecule has 0 amide bonds. The van der Waals surface area contributed by atoms with Gasteiger partial charge >= 0.3 is 0 Å². The van der Waals surface area contributed by atoms with Crippen LogP contribution in [0.5, 0.6) is 0 Å². The SMILES string of the molecule is CCCC(CC(C)CC)OC(CCC)CC(C)CC. The van der Waals surface area contributed by atoms with Crippen LogP contribution in [0.4, 0.5) is 0 Å². The van der Waals surface area contributed by atoms with Gasteiger partial charge in [0.1, 0.15) is 0 Å². The van der Waals surface area contributed by atoms with Crippen LogP contribution in [-0.2, 0) is 4.74 Å². The van der Waals surface area contributed by atoms with E-state index in [2.05, 4.69) is 41.5 Å². The number of rotatable bonds is 12. The van der Waals surface area contributed by atoms with Crippen molar-refractivity contribution in [2.45, 2.75) is 105 Å². The smallest absolute Gasteiger partial charge is 0.0581 e. The fourth-order valence-electron chi connectivity index (χ4n) is 2.63. The molecule has 0 spiro atoms. The zero-order valence-electron chi connectivity index (χ0n) is 14.4. The molecule has 19 heavy (non-hydrogen) atoms. The number of ether oxygens (including phenoxy) is 1. The minimum absolute atomic E-state index is 0.487. The molecule has 4 unspecified atom stereocenters. The standard InChI is InChI=1S/C18H38O/c1-7-11-17(13-15(5)9-3)19-18(12-8-2)14-16(6)10-4/h15-18H,7-14H2,1-6H3. The highest BCUT2D eigenvalue weighted by molar-refractivity contribution is 4.68. The molecule has 0 saturated carbocycles. The first-order chi connectivity index (χ1) is 9.07. The van der Waals surface area contributed by atoms with Gasteiger partial charge in [-0.2, -0.15) is 0 Å². The average molecular weight is 271 g/mol. The molecule has 0 bridgehead atoms. The third kappa shape index (κ3) is 9.49. The molecule has 1 nitrogen and oxygen atoms in total. The van der Waals surface area contributed by atoms with Crippen molar-refractivity contribution in [1.29, 1.82) is 0 Å². The van der Waals surface area contributed by atoms with Crippen molar-refractivity contribution in [3.63, 3.8) is 0 Å². The lowest BCUT2D eigenvalue weighted by molar-refractivity contribution is -0.0412. The van der Waals surface area contributed by atoms with E-state index in [4.69, 9.17) is 4.74 Å². The van der Waals surface area contributed by atoms with Gasteiger partial charge in [0.15, 0.2) is 0 Å². The van der Waals surface area contributed by atoms with Gasteiger partial charge in [0.25, 0.3) is 0 Å². The maximum absolute atomic E-state index is 6.48. The Kier molecular flexibility index (Phi) is 11.7. The second-order valence-electron chi connectivity index (χ2n) is 6.46. The van der Waals surface area contributed by atoms with Gasteiger partial charge in [-0.05, 0) is 37.5 Å². The summed E-state index contributed by atoms with van der Waals surface area (Å²) in [5.41, 5.74) is 0. The van der Waals surface area contributed by atoms with E-state index in [0.29, 0.717) is 12.2 Å². The van der Waals surface area contributed by atoms with E-state index in [1.54, 1.807) is 0 Å². The highest BCUT2D eigenvalue weighted by atomic mass is 16.5. The molecule has 0 aliphatic heterocycles. The van der Waals surface area contributed by atoms with Crippen molar-refractivity contribution in [2.24, 2.45) is 11.8 Å². The first-order valence-corrected chi connectivity index (χ1v) is 8.72. The lowest BCUT2D eigenvalue weighted by Crippen LogP contribution is -2.25. The number of hydrogen-bond acceptors (Lipinski definition) is 1. The summed E-state index contributed by atoms with van der Waals surface area (Å²) in [5.74, 6) is 1.59. The molecule has 0 saturated heterocycles. The summed E-state index contributed by atoms with van der Waals surface area (Å²) in [4.78, 5) is 0. The first kappa shape index (κ1) is 19.0. The zero-order chi connectivity index (χ0) is 14.7. The third-order valence-electron chi connectivity index (χ3n) is 4.33. The molecular weight excluding hydrogens is 232 g/mol. The molecule has 0 aromatic rings. The van der Waals surface area contributed by atoms with Crippen LogP contribution in [-0.4, -0.2) is 12.2 Å². The van der Waals surface area contributed by atoms with Crippen molar-refractivity contribution in [3.8, 4) is 0 Å². The van der Waals surface area contributed by atoms with Crippen molar-refractivity contribution in [2.75, 3.05) is 0 Å². The Bertz CT molecular complexity index is 170. The van der Waals surface area contributed by atoms with E-state index >= 15 is 0 Å². The molecule has 0 aromatic carbocycles. The molecule has 0 rings (SSSR count). The largest absolute Gasteiger partial charge is 0.375 e. The van der Waals surface area contributed by atoms with Crippen LogP contribution in [0, 0.1) is 11.8 Å². The average Bonchev–Trinajstić information content (AvgIpc) is 2.38. The zero-order valence-corrected chi connectivity index (χ0v) is 14.4. The summed E-state index contributed by atoms with van der Waals surface area (Å²) in [7, 11) is 0. The Balaban J connectivity index is 4.36. The van der Waals surface area contributed by atoms with E-state index < -0.39 is 0 Å². The van der Waals surface area contributed by atoms with E-state index in [-0.39, 0.29) is 0 Å². The van der Waals surface area contributed by atoms with Gasteiger partial charge in [0.05, 0.1) is 12.2 Å². The van der Waals surface area contributed by atoms with Crippen LogP contribution in [0.15, 0.2) is 0 Å². The van der Waals surface area contributed by atoms with Crippen LogP contribution in [0.2, 0.25) is 0 Å². The van der Waals surface area contributed by atoms with E-state index in [1.807, 2.05) is 0 Å². The highest BCUT2D eigenvalue weighted by Gasteiger charge is 2.19. The quantitative estimate of drug-likeness (QED) is 0.409. The fraction of sp³-hybridized carbons (Fsp3) is 1.00. The maximum Gasteiger partial charge on any atom is 0.0581 e. The van der Waals surface area contributed by atoms with E-state index in [1.165, 1.54) is 51.4 Å². The molecular formula is C18H38O. The van der Waals surface area contributed by atoms with Gasteiger partial charge in [0.2, 0.25) is 0 Å². The molecule has 0 heterocycles. The first-order valence-electron chi connectivity index (χ1n) is 8.72. The van der Waals surface area contributed by atoms with Crippen LogP contribution in [0.3, 0.4) is 0 Å². The van der Waals surface area contributed by atoms with Crippen molar-refractivity contribution >= 4 is 0 Å². The predicted octanol–water partition coefficient (Wildman–Crippen LogP) is 6.21. The molecule has 0 aliphatic rings. The molecule has 0 aromatic heterocycles. The van der Waals surface area contributed by atoms with Crippen LogP contribution >= 0.6 is 0 Å². The van der Waals surface area contributed by atoms with Gasteiger partial charge in [0, 0.05) is 0 Å². The van der Waals surface area contributed by atoms with Gasteiger partial charge in [-0.1, -0.05) is 67.2 Å². The summed E-state index contributed by atoms with van der Waals surface area (Å²) < 4.78 is 6.48. The van der Waals surface area contributed by atoms with Gasteiger partial charge < -0.3 is 4.74 Å². The molecule has 4 atom stereocenters. The minimum Gasteiger partial charge on any atom is -0.375 e. The van der Waals surface area contributed by atoms with Crippen LogP contribution in [0.25, 0.3) is 0 Å². The second-order valence-corrected chi connectivity index (χ2v) is 6.46. The molecule has 0 aliphatic carbocycles. The monoisotopic (exact) mass is 270 g/mol. The Labute approximate surface area is 122 Å². The van der Waals surface area contributed by atoms with Crippen molar-refractivity contribution < 1.29 is 4.74 Å². The predicted molar refractivity (Wildman–Crippen MR) is 86.6 cm³/mol. The Morgan fingerprint density at radius 1 is 0.684 bits per heavy atom. The summed E-state index contributed by atoms with van der Waals surface area (Å²) in [5, 5.41) is 0. The summed E-state index contributed by atoms with van der Waals surface area (Å²) in [6, 6.07) is 0. The Morgan fingerprint density at radius 3 is 1.32 bits per heavy atom. The van der Waals surface area contributed by atoms with Crippen LogP contribution < -0.4 is 0 Å². The Morgan fingerprint density at radius 2 is 1.05 bits per heavy atom. The van der Waals surface area contributed by atoms with E-state index in [9.17, 15) is 0 Å². The van der Waals surface area contributed by atoms with Gasteiger partial charge in [-0.3, -0.25) is 0 Å². The third-order valence-corrected chi connectivity index (χ3v) is 4.33. The fourth-order valence-corrected chi connectivity index (χ4v) is 2.63. The summed E-state index contributed by atoms with van der Waals surface area (Å²) in [6.45, 7) is 13.8. The van der Waals surface area contributed by atoms with Crippen molar-refractivity contribution in [1.82, 2.24) is 0 Å². The normalized spacial score (nSPS) is 18.0. The summed E-state index contributed by atoms with van der Waals surface area (Å²) in [6.07, 6.45) is 10.9. The highest BCUT2D eigenvalue weighted by Crippen LogP contribution is 2.23. The van der Waals surface area contributed by atoms with Crippen LogP contribution in [0.1, 0.15) is 92.9 Å². The Hall–Kier alpha value is -0.0400. The topological polar surface area (TPSA) is 9.23 Å². The lowest BCUT2D eigenvalue weighted by Gasteiger charge is -2.28. The van der Waals surface area contributed by atoms with Gasteiger partial charge in [-0.15, -0.1) is 0 Å². The molecule has 0 fully saturated rings. The molecule has 1 heteroatoms. The van der Waals surface area contributed by atoms with Crippen molar-refractivity contribution in [3.05, 3.63) is 0 Å². The summed E-state index contributed by atoms with van der Waals surface area (Å²) >= 11 is 0. The minimum atomic E-state index is 0.487. The lowest BCUT2D eigenvalue weighted by atomic mass is 9.96. The molecule has 0 radical (unpaired) electrons. The molecule has 116 valence electrons. The van der Waals surface area contributed by atoms with E-state index in [0.717, 1.165) is 11.8 Å². The van der Waals surface area contributed by atoms with Gasteiger partial charge in [-0.25, -0.2) is 0 Å². The number of hydrogen-bond donors (Lipinski definition) is 0. The maximum atomic E-state index is 6.48. The second kappa shape index (κ2) is 11.8. The molecule has 0 N–H and O–H groups in total.